The molecule has 28 heavy (non-hydrogen) atoms. The summed E-state index contributed by atoms with van der Waals surface area (Å²) < 4.78 is 15.5. The second kappa shape index (κ2) is 8.25. The summed E-state index contributed by atoms with van der Waals surface area (Å²) in [5, 5.41) is 0. The average Bonchev–Trinajstić information content (AvgIpc) is 3.08. The summed E-state index contributed by atoms with van der Waals surface area (Å²) in [5.74, 6) is 1.16. The predicted octanol–water partition coefficient (Wildman–Crippen LogP) is 3.91. The van der Waals surface area contributed by atoms with Gasteiger partial charge >= 0.3 is 0 Å². The zero-order valence-electron chi connectivity index (χ0n) is 16.1. The number of fused-ring (bicyclic) bond motifs is 1. The molecule has 0 amide bonds. The first-order valence-corrected chi connectivity index (χ1v) is 9.97. The van der Waals surface area contributed by atoms with Gasteiger partial charge in [0.05, 0.1) is 11.0 Å². The molecule has 0 spiro atoms. The normalized spacial score (nSPS) is 15.9. The fourth-order valence-corrected chi connectivity index (χ4v) is 4.12. The average molecular weight is 378 g/mol. The lowest BCUT2D eigenvalue weighted by atomic mass is 9.89. The smallest absolute Gasteiger partial charge is 0.137 e. The fraction of sp³-hybridized carbons (Fsp3) is 0.348. The zero-order valence-corrected chi connectivity index (χ0v) is 16.1. The number of nitrogens with zero attached hydrogens (tertiary/aromatic N) is 3. The number of rotatable bonds is 6. The Morgan fingerprint density at radius 2 is 1.82 bits per heavy atom. The topological polar surface area (TPSA) is 47.1 Å². The molecule has 1 aromatic heterocycles. The lowest BCUT2D eigenvalue weighted by Crippen LogP contribution is -2.37. The number of hydrogen-bond acceptors (Lipinski definition) is 3. The lowest BCUT2D eigenvalue weighted by Gasteiger charge is -2.32. The maximum Gasteiger partial charge on any atom is 0.137 e. The molecule has 2 aromatic carbocycles. The van der Waals surface area contributed by atoms with E-state index in [0.717, 1.165) is 60.5 Å². The van der Waals surface area contributed by atoms with Gasteiger partial charge in [-0.15, -0.1) is 0 Å². The Bertz CT molecular complexity index is 952. The first kappa shape index (κ1) is 18.8. The molecule has 5 heteroatoms. The van der Waals surface area contributed by atoms with E-state index >= 15 is 0 Å². The molecule has 2 heterocycles. The number of benzene rings is 2. The number of nitrogens with two attached hydrogens (primary N) is 1. The molecule has 0 atom stereocenters. The van der Waals surface area contributed by atoms with E-state index in [1.54, 1.807) is 0 Å². The van der Waals surface area contributed by atoms with Gasteiger partial charge in [0.2, 0.25) is 0 Å². The van der Waals surface area contributed by atoms with E-state index in [1.165, 1.54) is 12.1 Å². The standard InChI is InChI=1S/C23H27FN4/c1-17(19-10-13-27(14-11-19)15-12-25)23-26-21-4-2-3-5-22(21)28(23)16-18-6-8-20(24)9-7-18/h2-9,19H,1,10-16,25H2. The highest BCUT2D eigenvalue weighted by atomic mass is 19.1. The Balaban J connectivity index is 1.63. The van der Waals surface area contributed by atoms with E-state index in [-0.39, 0.29) is 5.82 Å². The minimum absolute atomic E-state index is 0.215. The minimum atomic E-state index is -0.215. The highest BCUT2D eigenvalue weighted by Crippen LogP contribution is 2.32. The number of likely N-dealkylation sites (tertiary alicyclic amines) is 1. The highest BCUT2D eigenvalue weighted by molar-refractivity contribution is 5.80. The summed E-state index contributed by atoms with van der Waals surface area (Å²) in [6, 6.07) is 14.9. The Labute approximate surface area is 165 Å². The summed E-state index contributed by atoms with van der Waals surface area (Å²) in [4.78, 5) is 7.33. The molecule has 0 aliphatic carbocycles. The molecular weight excluding hydrogens is 351 g/mol. The molecule has 3 aromatic rings. The summed E-state index contributed by atoms with van der Waals surface area (Å²) in [6.45, 7) is 8.88. The molecule has 4 rings (SSSR count). The third kappa shape index (κ3) is 3.86. The van der Waals surface area contributed by atoms with Gasteiger partial charge in [-0.2, -0.15) is 0 Å². The highest BCUT2D eigenvalue weighted by Gasteiger charge is 2.25. The molecule has 0 radical (unpaired) electrons. The van der Waals surface area contributed by atoms with E-state index in [2.05, 4.69) is 22.1 Å². The van der Waals surface area contributed by atoms with Crippen LogP contribution < -0.4 is 5.73 Å². The van der Waals surface area contributed by atoms with Crippen LogP contribution in [-0.2, 0) is 6.54 Å². The van der Waals surface area contributed by atoms with E-state index in [1.807, 2.05) is 30.3 Å². The van der Waals surface area contributed by atoms with Crippen LogP contribution in [0.2, 0.25) is 0 Å². The van der Waals surface area contributed by atoms with Crippen molar-refractivity contribution in [2.75, 3.05) is 26.2 Å². The van der Waals surface area contributed by atoms with Crippen LogP contribution >= 0.6 is 0 Å². The van der Waals surface area contributed by atoms with Gasteiger partial charge < -0.3 is 15.2 Å². The Morgan fingerprint density at radius 1 is 1.11 bits per heavy atom. The van der Waals surface area contributed by atoms with E-state index in [0.29, 0.717) is 19.0 Å². The molecule has 4 nitrogen and oxygen atoms in total. The second-order valence-electron chi connectivity index (χ2n) is 7.57. The van der Waals surface area contributed by atoms with Gasteiger partial charge in [0.15, 0.2) is 0 Å². The third-order valence-corrected chi connectivity index (χ3v) is 5.72. The van der Waals surface area contributed by atoms with Crippen LogP contribution in [0.15, 0.2) is 55.1 Å². The second-order valence-corrected chi connectivity index (χ2v) is 7.57. The Hall–Kier alpha value is -2.50. The molecule has 1 fully saturated rings. The van der Waals surface area contributed by atoms with Crippen molar-refractivity contribution in [3.8, 4) is 0 Å². The maximum atomic E-state index is 13.3. The zero-order chi connectivity index (χ0) is 19.5. The molecule has 2 N–H and O–H groups in total. The molecule has 0 bridgehead atoms. The monoisotopic (exact) mass is 378 g/mol. The van der Waals surface area contributed by atoms with Crippen molar-refractivity contribution >= 4 is 16.6 Å². The van der Waals surface area contributed by atoms with Crippen molar-refractivity contribution in [2.45, 2.75) is 19.4 Å². The van der Waals surface area contributed by atoms with Crippen LogP contribution in [0.25, 0.3) is 16.6 Å². The Morgan fingerprint density at radius 3 is 2.54 bits per heavy atom. The number of allylic oxidation sites excluding steroid dienone is 1. The van der Waals surface area contributed by atoms with Gasteiger partial charge in [0.25, 0.3) is 0 Å². The van der Waals surface area contributed by atoms with Crippen molar-refractivity contribution < 1.29 is 4.39 Å². The molecule has 1 saturated heterocycles. The van der Waals surface area contributed by atoms with Crippen molar-refractivity contribution in [2.24, 2.45) is 11.7 Å². The lowest BCUT2D eigenvalue weighted by molar-refractivity contribution is 0.211. The summed E-state index contributed by atoms with van der Waals surface area (Å²) in [7, 11) is 0. The molecular formula is C23H27FN4. The van der Waals surface area contributed by atoms with Gasteiger partial charge in [0, 0.05) is 19.6 Å². The van der Waals surface area contributed by atoms with Crippen molar-refractivity contribution in [1.29, 1.82) is 0 Å². The minimum Gasteiger partial charge on any atom is -0.329 e. The molecule has 0 unspecified atom stereocenters. The summed E-state index contributed by atoms with van der Waals surface area (Å²) in [6.07, 6.45) is 2.16. The van der Waals surface area contributed by atoms with Crippen molar-refractivity contribution in [3.05, 3.63) is 72.3 Å². The number of aromatic nitrogens is 2. The maximum absolute atomic E-state index is 13.3. The summed E-state index contributed by atoms with van der Waals surface area (Å²) in [5.41, 5.74) is 9.91. The van der Waals surface area contributed by atoms with E-state index in [4.69, 9.17) is 10.7 Å². The number of imidazole rings is 1. The van der Waals surface area contributed by atoms with Crippen LogP contribution in [0.4, 0.5) is 4.39 Å². The largest absolute Gasteiger partial charge is 0.329 e. The van der Waals surface area contributed by atoms with Crippen molar-refractivity contribution in [1.82, 2.24) is 14.5 Å². The molecule has 1 aliphatic heterocycles. The number of hydrogen-bond donors (Lipinski definition) is 1. The number of piperidine rings is 1. The van der Waals surface area contributed by atoms with Crippen LogP contribution in [0.1, 0.15) is 24.2 Å². The first-order chi connectivity index (χ1) is 13.7. The van der Waals surface area contributed by atoms with Gasteiger partial charge in [-0.1, -0.05) is 30.8 Å². The fourth-order valence-electron chi connectivity index (χ4n) is 4.12. The van der Waals surface area contributed by atoms with Crippen LogP contribution in [0, 0.1) is 11.7 Å². The SMILES string of the molecule is C=C(c1nc2ccccc2n1Cc1ccc(F)cc1)C1CCN(CCN)CC1. The Kier molecular flexibility index (Phi) is 5.55. The first-order valence-electron chi connectivity index (χ1n) is 9.97. The van der Waals surface area contributed by atoms with Crippen molar-refractivity contribution in [3.63, 3.8) is 0 Å². The van der Waals surface area contributed by atoms with Crippen LogP contribution in [0.5, 0.6) is 0 Å². The van der Waals surface area contributed by atoms with Gasteiger partial charge in [-0.05, 0) is 67.3 Å². The van der Waals surface area contributed by atoms with Gasteiger partial charge in [-0.25, -0.2) is 9.37 Å². The molecule has 1 aliphatic rings. The van der Waals surface area contributed by atoms with Crippen LogP contribution in [0.3, 0.4) is 0 Å². The predicted molar refractivity (Wildman–Crippen MR) is 112 cm³/mol. The van der Waals surface area contributed by atoms with E-state index < -0.39 is 0 Å². The van der Waals surface area contributed by atoms with Crippen LogP contribution in [-0.4, -0.2) is 40.6 Å². The molecule has 146 valence electrons. The molecule has 0 saturated carbocycles. The van der Waals surface area contributed by atoms with Gasteiger partial charge in [0.1, 0.15) is 11.6 Å². The van der Waals surface area contributed by atoms with E-state index in [9.17, 15) is 4.39 Å². The number of halogens is 1. The number of para-hydroxylation sites is 2. The third-order valence-electron chi connectivity index (χ3n) is 5.72. The quantitative estimate of drug-likeness (QED) is 0.707. The van der Waals surface area contributed by atoms with Gasteiger partial charge in [-0.3, -0.25) is 0 Å². The summed E-state index contributed by atoms with van der Waals surface area (Å²) >= 11 is 0.